The fourth-order valence-corrected chi connectivity index (χ4v) is 3.31. The Morgan fingerprint density at radius 1 is 1.41 bits per heavy atom. The predicted octanol–water partition coefficient (Wildman–Crippen LogP) is 0.890. The molecule has 1 atom stereocenters. The second-order valence-electron chi connectivity index (χ2n) is 6.81. The molecule has 9 heteroatoms. The van der Waals surface area contributed by atoms with Crippen LogP contribution in [0.4, 0.5) is 0 Å². The normalized spacial score (nSPS) is 17.0. The van der Waals surface area contributed by atoms with Gasteiger partial charge in [0.2, 0.25) is 0 Å². The van der Waals surface area contributed by atoms with Gasteiger partial charge < -0.3 is 19.9 Å². The first-order chi connectivity index (χ1) is 13.2. The number of unbranched alkanes of at least 4 members (excludes halogenated alkanes) is 1. The van der Waals surface area contributed by atoms with Crippen LogP contribution in [0.3, 0.4) is 0 Å². The Morgan fingerprint density at radius 2 is 2.30 bits per heavy atom. The minimum atomic E-state index is 0.300. The van der Waals surface area contributed by atoms with E-state index in [0.29, 0.717) is 12.6 Å². The molecule has 2 N–H and O–H groups in total. The number of hydrogen-bond donors (Lipinski definition) is 2. The summed E-state index contributed by atoms with van der Waals surface area (Å²) in [5.41, 5.74) is 0. The number of aryl methyl sites for hydroxylation is 3. The molecule has 0 saturated heterocycles. The highest BCUT2D eigenvalue weighted by Crippen LogP contribution is 2.13. The van der Waals surface area contributed by atoms with E-state index in [2.05, 4.69) is 35.3 Å². The van der Waals surface area contributed by atoms with Crippen LogP contribution >= 0.6 is 0 Å². The number of fused-ring (bicyclic) bond motifs is 1. The molecule has 3 rings (SSSR count). The van der Waals surface area contributed by atoms with Crippen molar-refractivity contribution in [3.63, 3.8) is 0 Å². The van der Waals surface area contributed by atoms with E-state index < -0.39 is 0 Å². The zero-order valence-corrected chi connectivity index (χ0v) is 16.5. The Balaban J connectivity index is 1.39. The van der Waals surface area contributed by atoms with Gasteiger partial charge in [-0.3, -0.25) is 4.99 Å². The lowest BCUT2D eigenvalue weighted by molar-refractivity contribution is 0.177. The zero-order valence-electron chi connectivity index (χ0n) is 16.5. The molecule has 2 aromatic heterocycles. The second kappa shape index (κ2) is 9.50. The van der Waals surface area contributed by atoms with Crippen LogP contribution < -0.4 is 10.6 Å². The summed E-state index contributed by atoms with van der Waals surface area (Å²) in [5.74, 6) is 3.71. The van der Waals surface area contributed by atoms with Gasteiger partial charge in [0.1, 0.15) is 18.3 Å². The molecule has 0 bridgehead atoms. The summed E-state index contributed by atoms with van der Waals surface area (Å²) in [6.45, 7) is 5.19. The number of ether oxygens (including phenoxy) is 1. The number of nitrogens with zero attached hydrogens (tertiary/aromatic N) is 6. The van der Waals surface area contributed by atoms with Crippen molar-refractivity contribution in [2.75, 3.05) is 20.7 Å². The molecule has 0 saturated carbocycles. The molecule has 3 heterocycles. The molecule has 148 valence electrons. The molecule has 0 amide bonds. The van der Waals surface area contributed by atoms with E-state index in [1.54, 1.807) is 7.11 Å². The van der Waals surface area contributed by atoms with Crippen molar-refractivity contribution in [2.24, 2.45) is 4.99 Å². The monoisotopic (exact) mass is 374 g/mol. The average Bonchev–Trinajstić information content (AvgIpc) is 3.25. The summed E-state index contributed by atoms with van der Waals surface area (Å²) >= 11 is 0. The van der Waals surface area contributed by atoms with Crippen LogP contribution in [0, 0.1) is 6.92 Å². The van der Waals surface area contributed by atoms with Crippen molar-refractivity contribution >= 4 is 5.96 Å². The maximum absolute atomic E-state index is 5.12. The number of guanidine groups is 1. The highest BCUT2D eigenvalue weighted by atomic mass is 16.5. The van der Waals surface area contributed by atoms with E-state index in [1.165, 1.54) is 0 Å². The van der Waals surface area contributed by atoms with Gasteiger partial charge in [-0.15, -0.1) is 0 Å². The summed E-state index contributed by atoms with van der Waals surface area (Å²) < 4.78 is 9.29. The lowest BCUT2D eigenvalue weighted by atomic mass is 10.1. The Bertz CT molecular complexity index is 750. The average molecular weight is 374 g/mol. The molecular weight excluding hydrogens is 344 g/mol. The van der Waals surface area contributed by atoms with Crippen LogP contribution in [0.25, 0.3) is 0 Å². The molecule has 0 aromatic carbocycles. The Morgan fingerprint density at radius 3 is 3.04 bits per heavy atom. The van der Waals surface area contributed by atoms with Crippen LogP contribution in [-0.2, 0) is 30.9 Å². The van der Waals surface area contributed by atoms with Gasteiger partial charge in [0, 0.05) is 52.1 Å². The minimum absolute atomic E-state index is 0.300. The van der Waals surface area contributed by atoms with Gasteiger partial charge in [0.05, 0.1) is 6.54 Å². The maximum atomic E-state index is 5.12. The predicted molar refractivity (Wildman–Crippen MR) is 104 cm³/mol. The van der Waals surface area contributed by atoms with Gasteiger partial charge in [-0.05, 0) is 26.2 Å². The molecule has 9 nitrogen and oxygen atoms in total. The minimum Gasteiger partial charge on any atom is -0.377 e. The molecule has 1 unspecified atom stereocenters. The van der Waals surface area contributed by atoms with Gasteiger partial charge in [-0.25, -0.2) is 14.6 Å². The number of aliphatic imine (C=N–C) groups is 1. The fraction of sp³-hybridized carbons (Fsp3) is 0.667. The fourth-order valence-electron chi connectivity index (χ4n) is 3.31. The SMILES string of the molecule is CN=C(NCCCCn1ccnc1C)NC1CCc2nc(COC)nn2C1. The van der Waals surface area contributed by atoms with Gasteiger partial charge >= 0.3 is 0 Å². The van der Waals surface area contributed by atoms with Crippen LogP contribution in [0.5, 0.6) is 0 Å². The quantitative estimate of drug-likeness (QED) is 0.405. The number of aromatic nitrogens is 5. The van der Waals surface area contributed by atoms with E-state index in [0.717, 1.165) is 68.8 Å². The van der Waals surface area contributed by atoms with Gasteiger partial charge in [0.25, 0.3) is 0 Å². The smallest absolute Gasteiger partial charge is 0.191 e. The molecule has 1 aliphatic heterocycles. The first-order valence-electron chi connectivity index (χ1n) is 9.56. The first kappa shape index (κ1) is 19.3. The summed E-state index contributed by atoms with van der Waals surface area (Å²) in [7, 11) is 3.47. The maximum Gasteiger partial charge on any atom is 0.191 e. The Hall–Kier alpha value is -2.42. The summed E-state index contributed by atoms with van der Waals surface area (Å²) in [5, 5.41) is 11.4. The van der Waals surface area contributed by atoms with E-state index >= 15 is 0 Å². The van der Waals surface area contributed by atoms with Gasteiger partial charge in [-0.1, -0.05) is 0 Å². The topological polar surface area (TPSA) is 94.2 Å². The van der Waals surface area contributed by atoms with Crippen LogP contribution in [-0.4, -0.2) is 57.0 Å². The van der Waals surface area contributed by atoms with Crippen LogP contribution in [0.2, 0.25) is 0 Å². The molecule has 0 fully saturated rings. The van der Waals surface area contributed by atoms with Gasteiger partial charge in [0.15, 0.2) is 11.8 Å². The van der Waals surface area contributed by atoms with E-state index in [1.807, 2.05) is 31.0 Å². The lowest BCUT2D eigenvalue weighted by Gasteiger charge is -2.25. The molecule has 0 aliphatic carbocycles. The molecule has 1 aliphatic rings. The van der Waals surface area contributed by atoms with E-state index in [-0.39, 0.29) is 0 Å². The van der Waals surface area contributed by atoms with Crippen molar-refractivity contribution in [1.29, 1.82) is 0 Å². The van der Waals surface area contributed by atoms with Crippen LogP contribution in [0.1, 0.15) is 36.7 Å². The highest BCUT2D eigenvalue weighted by Gasteiger charge is 2.22. The van der Waals surface area contributed by atoms with Gasteiger partial charge in [-0.2, -0.15) is 5.10 Å². The van der Waals surface area contributed by atoms with Crippen molar-refractivity contribution in [2.45, 2.75) is 58.3 Å². The summed E-state index contributed by atoms with van der Waals surface area (Å²) in [6, 6.07) is 0.300. The summed E-state index contributed by atoms with van der Waals surface area (Å²) in [6.07, 6.45) is 8.00. The summed E-state index contributed by atoms with van der Waals surface area (Å²) in [4.78, 5) is 13.1. The third-order valence-electron chi connectivity index (χ3n) is 4.78. The largest absolute Gasteiger partial charge is 0.377 e. The first-order valence-corrected chi connectivity index (χ1v) is 9.56. The molecule has 0 spiro atoms. The Kier molecular flexibility index (Phi) is 6.80. The third-order valence-corrected chi connectivity index (χ3v) is 4.78. The standard InChI is InChI=1S/C18H30N8O/c1-14-20-9-11-25(14)10-5-4-8-21-18(19-2)22-15-6-7-17-23-16(13-27-3)24-26(17)12-15/h9,11,15H,4-8,10,12-13H2,1-3H3,(H2,19,21,22). The van der Waals surface area contributed by atoms with Crippen LogP contribution in [0.15, 0.2) is 17.4 Å². The van der Waals surface area contributed by atoms with Crippen molar-refractivity contribution in [3.05, 3.63) is 29.9 Å². The number of imidazole rings is 1. The molecular formula is C18H30N8O. The molecule has 0 radical (unpaired) electrons. The van der Waals surface area contributed by atoms with Crippen molar-refractivity contribution in [3.8, 4) is 0 Å². The number of hydrogen-bond acceptors (Lipinski definition) is 5. The lowest BCUT2D eigenvalue weighted by Crippen LogP contribution is -2.47. The van der Waals surface area contributed by atoms with Crippen molar-refractivity contribution in [1.82, 2.24) is 34.9 Å². The third kappa shape index (κ3) is 5.29. The Labute approximate surface area is 160 Å². The number of rotatable bonds is 8. The molecule has 2 aromatic rings. The highest BCUT2D eigenvalue weighted by molar-refractivity contribution is 5.79. The van der Waals surface area contributed by atoms with E-state index in [4.69, 9.17) is 4.74 Å². The molecule has 27 heavy (non-hydrogen) atoms. The van der Waals surface area contributed by atoms with E-state index in [9.17, 15) is 0 Å². The zero-order chi connectivity index (χ0) is 19.1. The number of nitrogens with one attached hydrogen (secondary N) is 2. The second-order valence-corrected chi connectivity index (χ2v) is 6.81. The van der Waals surface area contributed by atoms with Crippen molar-refractivity contribution < 1.29 is 4.74 Å². The number of methoxy groups -OCH3 is 1.